The maximum atomic E-state index is 11.4. The van der Waals surface area contributed by atoms with Crippen LogP contribution in [0.15, 0.2) is 18.2 Å². The Morgan fingerprint density at radius 1 is 1.30 bits per heavy atom. The van der Waals surface area contributed by atoms with Crippen LogP contribution >= 0.6 is 0 Å². The van der Waals surface area contributed by atoms with Crippen LogP contribution in [-0.4, -0.2) is 25.0 Å². The van der Waals surface area contributed by atoms with Gasteiger partial charge in [0.05, 0.1) is 0 Å². The van der Waals surface area contributed by atoms with Crippen LogP contribution in [0.1, 0.15) is 30.9 Å². The summed E-state index contributed by atoms with van der Waals surface area (Å²) in [6, 6.07) is 5.90. The van der Waals surface area contributed by atoms with Gasteiger partial charge in [0.15, 0.2) is 13.2 Å². The molecule has 0 saturated heterocycles. The first kappa shape index (κ1) is 16.0. The minimum Gasteiger partial charge on any atom is -0.483 e. The predicted molar refractivity (Wildman–Crippen MR) is 74.1 cm³/mol. The molecule has 0 aliphatic carbocycles. The number of ether oxygens (including phenoxy) is 1. The summed E-state index contributed by atoms with van der Waals surface area (Å²) in [4.78, 5) is 26.4. The van der Waals surface area contributed by atoms with Crippen LogP contribution < -0.4 is 16.0 Å². The largest absolute Gasteiger partial charge is 0.483 e. The quantitative estimate of drug-likeness (QED) is 0.730. The van der Waals surface area contributed by atoms with E-state index in [-0.39, 0.29) is 13.2 Å². The summed E-state index contributed by atoms with van der Waals surface area (Å²) in [7, 11) is 0. The predicted octanol–water partition coefficient (Wildman–Crippen LogP) is 1.03. The molecular weight excluding hydrogens is 260 g/mol. The topological polar surface area (TPSA) is 90.7 Å². The standard InChI is InChI=1S/C14H20N2O4/c1-9(2)11-5-4-10(3)12(6-11)19-8-14(18)16-20-7-13(15)17/h4-6,9H,7-8H2,1-3H3,(H2,15,17)(H,16,18). The van der Waals surface area contributed by atoms with Crippen LogP contribution in [0.25, 0.3) is 0 Å². The average molecular weight is 280 g/mol. The molecule has 0 atom stereocenters. The van der Waals surface area contributed by atoms with Gasteiger partial charge in [-0.2, -0.15) is 0 Å². The maximum Gasteiger partial charge on any atom is 0.281 e. The molecule has 6 heteroatoms. The summed E-state index contributed by atoms with van der Waals surface area (Å²) in [5.74, 6) is -0.112. The van der Waals surface area contributed by atoms with Crippen molar-refractivity contribution in [2.45, 2.75) is 26.7 Å². The number of carbonyl (C=O) groups excluding carboxylic acids is 2. The van der Waals surface area contributed by atoms with Crippen molar-refractivity contribution in [3.63, 3.8) is 0 Å². The molecule has 0 spiro atoms. The van der Waals surface area contributed by atoms with Crippen LogP contribution in [0.3, 0.4) is 0 Å². The van der Waals surface area contributed by atoms with E-state index >= 15 is 0 Å². The van der Waals surface area contributed by atoms with Gasteiger partial charge in [-0.15, -0.1) is 0 Å². The van der Waals surface area contributed by atoms with E-state index in [4.69, 9.17) is 10.5 Å². The third kappa shape index (κ3) is 5.27. The number of hydrogen-bond acceptors (Lipinski definition) is 4. The van der Waals surface area contributed by atoms with E-state index in [1.54, 1.807) is 0 Å². The van der Waals surface area contributed by atoms with E-state index in [1.165, 1.54) is 0 Å². The summed E-state index contributed by atoms with van der Waals surface area (Å²) in [5.41, 5.74) is 9.02. The summed E-state index contributed by atoms with van der Waals surface area (Å²) >= 11 is 0. The van der Waals surface area contributed by atoms with Gasteiger partial charge in [-0.25, -0.2) is 5.48 Å². The highest BCUT2D eigenvalue weighted by molar-refractivity contribution is 5.77. The highest BCUT2D eigenvalue weighted by Gasteiger charge is 2.08. The van der Waals surface area contributed by atoms with Crippen molar-refractivity contribution >= 4 is 11.8 Å². The van der Waals surface area contributed by atoms with E-state index in [0.717, 1.165) is 11.1 Å². The molecule has 1 aromatic rings. The minimum absolute atomic E-state index is 0.193. The van der Waals surface area contributed by atoms with Crippen molar-refractivity contribution in [1.82, 2.24) is 5.48 Å². The van der Waals surface area contributed by atoms with Crippen LogP contribution in [0.4, 0.5) is 0 Å². The number of nitrogens with one attached hydrogen (secondary N) is 1. The SMILES string of the molecule is Cc1ccc(C(C)C)cc1OCC(=O)NOCC(N)=O. The molecule has 0 unspecified atom stereocenters. The molecule has 0 fully saturated rings. The molecule has 110 valence electrons. The summed E-state index contributed by atoms with van der Waals surface area (Å²) in [6.07, 6.45) is 0. The lowest BCUT2D eigenvalue weighted by molar-refractivity contribution is -0.139. The first-order chi connectivity index (χ1) is 9.40. The van der Waals surface area contributed by atoms with Gasteiger partial charge < -0.3 is 10.5 Å². The third-order valence-electron chi connectivity index (χ3n) is 2.64. The van der Waals surface area contributed by atoms with Crippen molar-refractivity contribution in [3.05, 3.63) is 29.3 Å². The lowest BCUT2D eigenvalue weighted by atomic mass is 10.0. The Bertz CT molecular complexity index is 486. The van der Waals surface area contributed by atoms with Crippen molar-refractivity contribution in [2.75, 3.05) is 13.2 Å². The molecule has 20 heavy (non-hydrogen) atoms. The highest BCUT2D eigenvalue weighted by atomic mass is 16.7. The molecule has 1 aromatic carbocycles. The van der Waals surface area contributed by atoms with Gasteiger partial charge in [0, 0.05) is 0 Å². The van der Waals surface area contributed by atoms with E-state index in [0.29, 0.717) is 11.7 Å². The molecule has 6 nitrogen and oxygen atoms in total. The fraction of sp³-hybridized carbons (Fsp3) is 0.429. The second-order valence-electron chi connectivity index (χ2n) is 4.75. The number of carbonyl (C=O) groups is 2. The maximum absolute atomic E-state index is 11.4. The van der Waals surface area contributed by atoms with E-state index in [9.17, 15) is 9.59 Å². The van der Waals surface area contributed by atoms with Crippen LogP contribution in [-0.2, 0) is 14.4 Å². The fourth-order valence-electron chi connectivity index (χ4n) is 1.49. The average Bonchev–Trinajstić information content (AvgIpc) is 2.37. The smallest absolute Gasteiger partial charge is 0.281 e. The van der Waals surface area contributed by atoms with Gasteiger partial charge in [-0.3, -0.25) is 14.4 Å². The van der Waals surface area contributed by atoms with Gasteiger partial charge in [0.25, 0.3) is 5.91 Å². The van der Waals surface area contributed by atoms with Gasteiger partial charge in [-0.1, -0.05) is 26.0 Å². The zero-order chi connectivity index (χ0) is 15.1. The zero-order valence-corrected chi connectivity index (χ0v) is 11.9. The van der Waals surface area contributed by atoms with Crippen LogP contribution in [0, 0.1) is 6.92 Å². The third-order valence-corrected chi connectivity index (χ3v) is 2.64. The first-order valence-corrected chi connectivity index (χ1v) is 6.32. The molecule has 2 amide bonds. The van der Waals surface area contributed by atoms with Crippen molar-refractivity contribution in [3.8, 4) is 5.75 Å². The Morgan fingerprint density at radius 3 is 2.60 bits per heavy atom. The molecular formula is C14H20N2O4. The normalized spacial score (nSPS) is 10.4. The monoisotopic (exact) mass is 280 g/mol. The second kappa shape index (κ2) is 7.49. The number of amides is 2. The number of aryl methyl sites for hydroxylation is 1. The van der Waals surface area contributed by atoms with Gasteiger partial charge >= 0.3 is 0 Å². The van der Waals surface area contributed by atoms with E-state index in [1.807, 2.05) is 25.1 Å². The number of nitrogens with two attached hydrogens (primary N) is 1. The lowest BCUT2D eigenvalue weighted by Gasteiger charge is -2.12. The summed E-state index contributed by atoms with van der Waals surface area (Å²) < 4.78 is 5.44. The summed E-state index contributed by atoms with van der Waals surface area (Å²) in [5, 5.41) is 0. The van der Waals surface area contributed by atoms with Crippen molar-refractivity contribution < 1.29 is 19.2 Å². The molecule has 0 aromatic heterocycles. The first-order valence-electron chi connectivity index (χ1n) is 6.32. The van der Waals surface area contributed by atoms with Gasteiger partial charge in [0.2, 0.25) is 5.91 Å². The van der Waals surface area contributed by atoms with E-state index < -0.39 is 11.8 Å². The zero-order valence-electron chi connectivity index (χ0n) is 11.9. The van der Waals surface area contributed by atoms with Gasteiger partial charge in [0.1, 0.15) is 5.75 Å². The van der Waals surface area contributed by atoms with Crippen LogP contribution in [0.2, 0.25) is 0 Å². The number of rotatable bonds is 7. The number of hydroxylamine groups is 1. The highest BCUT2D eigenvalue weighted by Crippen LogP contribution is 2.24. The molecule has 0 aliphatic heterocycles. The molecule has 0 bridgehead atoms. The molecule has 0 aliphatic rings. The fourth-order valence-corrected chi connectivity index (χ4v) is 1.49. The Balaban J connectivity index is 2.50. The van der Waals surface area contributed by atoms with Crippen LogP contribution in [0.5, 0.6) is 5.75 Å². The van der Waals surface area contributed by atoms with Crippen molar-refractivity contribution in [1.29, 1.82) is 0 Å². The lowest BCUT2D eigenvalue weighted by Crippen LogP contribution is -2.32. The molecule has 0 saturated carbocycles. The van der Waals surface area contributed by atoms with E-state index in [2.05, 4.69) is 24.2 Å². The Labute approximate surface area is 118 Å². The van der Waals surface area contributed by atoms with Gasteiger partial charge in [-0.05, 0) is 30.0 Å². The Morgan fingerprint density at radius 2 is 2.00 bits per heavy atom. The number of benzene rings is 1. The minimum atomic E-state index is -0.660. The molecule has 0 radical (unpaired) electrons. The Kier molecular flexibility index (Phi) is 5.99. The molecule has 1 rings (SSSR count). The molecule has 0 heterocycles. The summed E-state index contributed by atoms with van der Waals surface area (Å²) in [6.45, 7) is 5.51. The molecule has 3 N–H and O–H groups in total. The van der Waals surface area contributed by atoms with Crippen molar-refractivity contribution in [2.24, 2.45) is 5.73 Å². The number of primary amides is 1. The second-order valence-corrected chi connectivity index (χ2v) is 4.75. The number of hydrogen-bond donors (Lipinski definition) is 2. The Hall–Kier alpha value is -2.08.